The minimum absolute atomic E-state index is 0.431. The van der Waals surface area contributed by atoms with Crippen LogP contribution in [0.25, 0.3) is 22.5 Å². The van der Waals surface area contributed by atoms with Crippen LogP contribution in [0.5, 0.6) is 11.6 Å². The number of halogens is 1. The van der Waals surface area contributed by atoms with Crippen molar-refractivity contribution in [2.45, 2.75) is 0 Å². The Morgan fingerprint density at radius 1 is 1.21 bits per heavy atom. The molecule has 1 aromatic carbocycles. The van der Waals surface area contributed by atoms with E-state index in [9.17, 15) is 0 Å². The van der Waals surface area contributed by atoms with Crippen LogP contribution < -0.4 is 10.5 Å². The number of nitrogens with two attached hydrogens (primary N) is 1. The Labute approximate surface area is 142 Å². The fraction of sp³-hybridized carbons (Fsp3) is 0.0588. The summed E-state index contributed by atoms with van der Waals surface area (Å²) in [4.78, 5) is 8.56. The summed E-state index contributed by atoms with van der Waals surface area (Å²) in [7, 11) is 1.91. The molecule has 4 aromatic rings. The van der Waals surface area contributed by atoms with E-state index in [0.717, 1.165) is 22.5 Å². The Kier molecular flexibility index (Phi) is 3.39. The van der Waals surface area contributed by atoms with Gasteiger partial charge in [-0.3, -0.25) is 0 Å². The number of aryl methyl sites for hydroxylation is 1. The summed E-state index contributed by atoms with van der Waals surface area (Å²) in [6.45, 7) is 0. The predicted octanol–water partition coefficient (Wildman–Crippen LogP) is 4.26. The molecule has 0 aliphatic heterocycles. The fourth-order valence-corrected chi connectivity index (χ4v) is 2.73. The van der Waals surface area contributed by atoms with E-state index in [1.165, 1.54) is 6.33 Å². The van der Waals surface area contributed by atoms with E-state index in [4.69, 9.17) is 26.5 Å². The number of hydrogen-bond acceptors (Lipinski definition) is 5. The molecule has 0 atom stereocenters. The molecule has 0 aliphatic rings. The average Bonchev–Trinajstić information content (AvgIpc) is 3.20. The molecule has 6 nitrogen and oxygen atoms in total. The lowest BCUT2D eigenvalue weighted by Gasteiger charge is -2.09. The van der Waals surface area contributed by atoms with Gasteiger partial charge < -0.3 is 19.5 Å². The average molecular weight is 341 g/mol. The van der Waals surface area contributed by atoms with Gasteiger partial charge in [-0.15, -0.1) is 0 Å². The molecule has 3 aromatic heterocycles. The molecule has 0 amide bonds. The number of aromatic nitrogens is 3. The Hall–Kier alpha value is -2.99. The summed E-state index contributed by atoms with van der Waals surface area (Å²) in [5, 5.41) is 0.431. The summed E-state index contributed by atoms with van der Waals surface area (Å²) in [6.07, 6.45) is 3.09. The molecule has 0 saturated carbocycles. The Morgan fingerprint density at radius 2 is 2.08 bits per heavy atom. The number of nitrogen functional groups attached to an aromatic ring is 1. The van der Waals surface area contributed by atoms with E-state index in [2.05, 4.69) is 9.97 Å². The van der Waals surface area contributed by atoms with Gasteiger partial charge in [0.2, 0.25) is 5.88 Å². The fourth-order valence-electron chi connectivity index (χ4n) is 2.56. The normalized spacial score (nSPS) is 11.1. The van der Waals surface area contributed by atoms with Gasteiger partial charge in [0.05, 0.1) is 28.2 Å². The molecule has 3 heterocycles. The van der Waals surface area contributed by atoms with Crippen molar-refractivity contribution in [3.63, 3.8) is 0 Å². The number of fused-ring (bicyclic) bond motifs is 1. The van der Waals surface area contributed by atoms with Crippen LogP contribution in [-0.2, 0) is 7.05 Å². The first-order chi connectivity index (χ1) is 11.6. The summed E-state index contributed by atoms with van der Waals surface area (Å²) in [5.74, 6) is 1.73. The van der Waals surface area contributed by atoms with Crippen molar-refractivity contribution in [2.24, 2.45) is 7.05 Å². The summed E-state index contributed by atoms with van der Waals surface area (Å²) < 4.78 is 13.3. The highest BCUT2D eigenvalue weighted by atomic mass is 35.5. The van der Waals surface area contributed by atoms with Gasteiger partial charge in [-0.1, -0.05) is 11.6 Å². The molecule has 0 saturated heterocycles. The van der Waals surface area contributed by atoms with Crippen LogP contribution >= 0.6 is 11.6 Å². The first-order valence-electron chi connectivity index (χ1n) is 7.20. The minimum Gasteiger partial charge on any atom is -0.463 e. The van der Waals surface area contributed by atoms with Crippen molar-refractivity contribution in [3.8, 4) is 23.1 Å². The highest BCUT2D eigenvalue weighted by molar-refractivity contribution is 6.33. The Bertz CT molecular complexity index is 1020. The van der Waals surface area contributed by atoms with E-state index >= 15 is 0 Å². The van der Waals surface area contributed by atoms with E-state index in [1.807, 2.05) is 29.8 Å². The zero-order chi connectivity index (χ0) is 16.7. The van der Waals surface area contributed by atoms with Crippen molar-refractivity contribution >= 4 is 28.3 Å². The second-order valence-electron chi connectivity index (χ2n) is 5.26. The summed E-state index contributed by atoms with van der Waals surface area (Å²) in [5.41, 5.74) is 8.63. The van der Waals surface area contributed by atoms with Crippen molar-refractivity contribution < 1.29 is 9.15 Å². The zero-order valence-corrected chi connectivity index (χ0v) is 13.5. The van der Waals surface area contributed by atoms with Crippen molar-refractivity contribution in [3.05, 3.63) is 54.0 Å². The SMILES string of the molecule is Cn1c(-c2ccco2)cc2ncnc(Oc3ccc(N)c(Cl)c3)c21. The number of nitrogens with zero attached hydrogens (tertiary/aromatic N) is 3. The smallest absolute Gasteiger partial charge is 0.247 e. The van der Waals surface area contributed by atoms with Crippen LogP contribution in [0.15, 0.2) is 53.4 Å². The van der Waals surface area contributed by atoms with Gasteiger partial charge in [-0.25, -0.2) is 4.98 Å². The van der Waals surface area contributed by atoms with Gasteiger partial charge in [-0.05, 0) is 30.3 Å². The predicted molar refractivity (Wildman–Crippen MR) is 92.1 cm³/mol. The highest BCUT2D eigenvalue weighted by Gasteiger charge is 2.16. The van der Waals surface area contributed by atoms with Gasteiger partial charge in [0.1, 0.15) is 23.4 Å². The first-order valence-corrected chi connectivity index (χ1v) is 7.58. The molecule has 24 heavy (non-hydrogen) atoms. The molecule has 0 bridgehead atoms. The van der Waals surface area contributed by atoms with Gasteiger partial charge in [0, 0.05) is 13.1 Å². The van der Waals surface area contributed by atoms with E-state index in [-0.39, 0.29) is 0 Å². The third-order valence-electron chi connectivity index (χ3n) is 3.75. The maximum Gasteiger partial charge on any atom is 0.247 e. The van der Waals surface area contributed by atoms with Crippen molar-refractivity contribution in [1.82, 2.24) is 14.5 Å². The second kappa shape index (κ2) is 5.58. The van der Waals surface area contributed by atoms with Crippen LogP contribution in [0.3, 0.4) is 0 Å². The largest absolute Gasteiger partial charge is 0.463 e. The molecule has 120 valence electrons. The second-order valence-corrected chi connectivity index (χ2v) is 5.67. The zero-order valence-electron chi connectivity index (χ0n) is 12.7. The van der Waals surface area contributed by atoms with Gasteiger partial charge >= 0.3 is 0 Å². The number of furan rings is 1. The molecule has 0 radical (unpaired) electrons. The number of benzene rings is 1. The van der Waals surface area contributed by atoms with E-state index in [0.29, 0.717) is 22.3 Å². The van der Waals surface area contributed by atoms with Crippen LogP contribution in [0.2, 0.25) is 5.02 Å². The van der Waals surface area contributed by atoms with Crippen LogP contribution in [-0.4, -0.2) is 14.5 Å². The number of hydrogen-bond donors (Lipinski definition) is 1. The van der Waals surface area contributed by atoms with Gasteiger partial charge in [0.25, 0.3) is 0 Å². The molecule has 0 spiro atoms. The van der Waals surface area contributed by atoms with Crippen LogP contribution in [0.1, 0.15) is 0 Å². The van der Waals surface area contributed by atoms with Gasteiger partial charge in [-0.2, -0.15) is 4.98 Å². The molecule has 4 rings (SSSR count). The number of anilines is 1. The van der Waals surface area contributed by atoms with Crippen molar-refractivity contribution in [1.29, 1.82) is 0 Å². The first kappa shape index (κ1) is 14.6. The molecule has 7 heteroatoms. The third kappa shape index (κ3) is 2.37. The van der Waals surface area contributed by atoms with Crippen LogP contribution in [0, 0.1) is 0 Å². The van der Waals surface area contributed by atoms with Crippen LogP contribution in [0.4, 0.5) is 5.69 Å². The molecule has 0 aliphatic carbocycles. The monoisotopic (exact) mass is 340 g/mol. The highest BCUT2D eigenvalue weighted by Crippen LogP contribution is 2.34. The lowest BCUT2D eigenvalue weighted by atomic mass is 10.3. The quantitative estimate of drug-likeness (QED) is 0.564. The summed E-state index contributed by atoms with van der Waals surface area (Å²) in [6, 6.07) is 10.7. The molecule has 0 unspecified atom stereocenters. The lowest BCUT2D eigenvalue weighted by Crippen LogP contribution is -1.96. The van der Waals surface area contributed by atoms with E-state index in [1.54, 1.807) is 24.5 Å². The molecule has 0 fully saturated rings. The van der Waals surface area contributed by atoms with Crippen molar-refractivity contribution in [2.75, 3.05) is 5.73 Å². The Morgan fingerprint density at radius 3 is 2.83 bits per heavy atom. The molecule has 2 N–H and O–H groups in total. The Balaban J connectivity index is 1.82. The maximum atomic E-state index is 6.05. The number of ether oxygens (including phenoxy) is 1. The maximum absolute atomic E-state index is 6.05. The minimum atomic E-state index is 0.431. The molecular weight excluding hydrogens is 328 g/mol. The summed E-state index contributed by atoms with van der Waals surface area (Å²) >= 11 is 6.05. The number of rotatable bonds is 3. The molecular formula is C17H13ClN4O2. The van der Waals surface area contributed by atoms with E-state index < -0.39 is 0 Å². The standard InChI is InChI=1S/C17H13ClN4O2/c1-22-14(15-3-2-6-23-15)8-13-16(22)17(21-9-20-13)24-10-4-5-12(19)11(18)7-10/h2-9H,19H2,1H3. The van der Waals surface area contributed by atoms with Gasteiger partial charge in [0.15, 0.2) is 0 Å². The third-order valence-corrected chi connectivity index (χ3v) is 4.07. The lowest BCUT2D eigenvalue weighted by molar-refractivity contribution is 0.465. The topological polar surface area (TPSA) is 79.1 Å².